The molecule has 2 rings (SSSR count). The van der Waals surface area contributed by atoms with E-state index in [0.717, 1.165) is 20.8 Å². The quantitative estimate of drug-likeness (QED) is 0.642. The van der Waals surface area contributed by atoms with Gasteiger partial charge in [-0.1, -0.05) is 11.8 Å². The lowest BCUT2D eigenvalue weighted by Crippen LogP contribution is -2.49. The van der Waals surface area contributed by atoms with Crippen molar-refractivity contribution in [1.29, 1.82) is 0 Å². The van der Waals surface area contributed by atoms with E-state index >= 15 is 0 Å². The number of hydrogen-bond donors (Lipinski definition) is 2. The number of thioether (sulfide) groups is 1. The molecule has 0 aliphatic carbocycles. The number of carbonyl (C=O) groups excluding carboxylic acids is 2. The third kappa shape index (κ3) is 4.45. The van der Waals surface area contributed by atoms with Crippen molar-refractivity contribution in [2.24, 2.45) is 0 Å². The summed E-state index contributed by atoms with van der Waals surface area (Å²) < 4.78 is 0. The molecular weight excluding hydrogens is 344 g/mol. The Morgan fingerprint density at radius 3 is 2.54 bits per heavy atom. The van der Waals surface area contributed by atoms with Gasteiger partial charge in [-0.05, 0) is 47.1 Å². The number of urea groups is 1. The fourth-order valence-electron chi connectivity index (χ4n) is 2.05. The maximum Gasteiger partial charge on any atom is 0.321 e. The highest BCUT2D eigenvalue weighted by Crippen LogP contribution is 2.35. The van der Waals surface area contributed by atoms with Gasteiger partial charge in [-0.25, -0.2) is 14.8 Å². The van der Waals surface area contributed by atoms with Crippen LogP contribution in [-0.2, 0) is 4.79 Å². The zero-order valence-electron chi connectivity index (χ0n) is 14.7. The first kappa shape index (κ1) is 18.7. The first-order valence-corrected chi connectivity index (χ1v) is 9.28. The van der Waals surface area contributed by atoms with Crippen LogP contribution in [0, 0.1) is 13.8 Å². The average Bonchev–Trinajstić information content (AvgIpc) is 2.72. The van der Waals surface area contributed by atoms with E-state index in [-0.39, 0.29) is 5.91 Å². The average molecular weight is 367 g/mol. The Morgan fingerprint density at radius 1 is 1.25 bits per heavy atom. The summed E-state index contributed by atoms with van der Waals surface area (Å²) in [6.45, 7) is 11.4. The van der Waals surface area contributed by atoms with Crippen molar-refractivity contribution in [2.45, 2.75) is 57.4 Å². The van der Waals surface area contributed by atoms with Crippen molar-refractivity contribution in [3.63, 3.8) is 0 Å². The van der Waals surface area contributed by atoms with Crippen LogP contribution in [0.2, 0.25) is 0 Å². The number of hydrogen-bond acceptors (Lipinski definition) is 6. The largest absolute Gasteiger partial charge is 0.333 e. The van der Waals surface area contributed by atoms with Crippen LogP contribution in [0.5, 0.6) is 0 Å². The number of aromatic nitrogens is 2. The van der Waals surface area contributed by atoms with Gasteiger partial charge in [0, 0.05) is 15.8 Å². The van der Waals surface area contributed by atoms with Gasteiger partial charge in [0.05, 0.1) is 5.25 Å². The Balaban J connectivity index is 2.11. The fraction of sp³-hybridized carbons (Fsp3) is 0.500. The molecule has 0 saturated carbocycles. The molecule has 24 heavy (non-hydrogen) atoms. The van der Waals surface area contributed by atoms with Gasteiger partial charge in [0.15, 0.2) is 0 Å². The SMILES string of the molecule is Cc1sc2ncnc(S[C@H](C)C(=O)NC(=O)NC(C)(C)C)c2c1C. The van der Waals surface area contributed by atoms with Crippen LogP contribution >= 0.6 is 23.1 Å². The molecule has 2 aromatic rings. The van der Waals surface area contributed by atoms with Gasteiger partial charge in [-0.15, -0.1) is 11.3 Å². The minimum absolute atomic E-state index is 0.349. The Kier molecular flexibility index (Phi) is 5.49. The minimum Gasteiger partial charge on any atom is -0.333 e. The molecule has 3 amide bonds. The summed E-state index contributed by atoms with van der Waals surface area (Å²) in [5.74, 6) is -0.349. The van der Waals surface area contributed by atoms with Crippen LogP contribution in [0.25, 0.3) is 10.2 Å². The van der Waals surface area contributed by atoms with Gasteiger partial charge in [0.2, 0.25) is 5.91 Å². The molecule has 0 aliphatic heterocycles. The molecule has 0 saturated heterocycles. The zero-order valence-corrected chi connectivity index (χ0v) is 16.3. The van der Waals surface area contributed by atoms with Crippen LogP contribution in [-0.4, -0.2) is 32.7 Å². The third-order valence-electron chi connectivity index (χ3n) is 3.31. The summed E-state index contributed by atoms with van der Waals surface area (Å²) in [6, 6.07) is -0.490. The summed E-state index contributed by atoms with van der Waals surface area (Å²) >= 11 is 2.95. The number of amides is 3. The number of thiophene rings is 1. The highest BCUT2D eigenvalue weighted by molar-refractivity contribution is 8.00. The van der Waals surface area contributed by atoms with Crippen molar-refractivity contribution in [1.82, 2.24) is 20.6 Å². The molecular formula is C16H22N4O2S2. The molecule has 2 N–H and O–H groups in total. The van der Waals surface area contributed by atoms with Crippen LogP contribution in [0.15, 0.2) is 11.4 Å². The van der Waals surface area contributed by atoms with Crippen molar-refractivity contribution in [3.8, 4) is 0 Å². The normalized spacial score (nSPS) is 12.9. The summed E-state index contributed by atoms with van der Waals surface area (Å²) in [5.41, 5.74) is 0.737. The zero-order chi connectivity index (χ0) is 18.1. The predicted octanol–water partition coefficient (Wildman–Crippen LogP) is 3.41. The summed E-state index contributed by atoms with van der Waals surface area (Å²) in [7, 11) is 0. The minimum atomic E-state index is -0.490. The standard InChI is InChI=1S/C16H22N4O2S2/c1-8-9(2)23-13-11(8)14(18-7-17-13)24-10(3)12(21)19-15(22)20-16(4,5)6/h7,10H,1-6H3,(H2,19,20,21,22)/t10-/m1/s1. The fourth-order valence-corrected chi connectivity index (χ4v) is 4.08. The van der Waals surface area contributed by atoms with E-state index in [1.807, 2.05) is 34.6 Å². The topological polar surface area (TPSA) is 84.0 Å². The van der Waals surface area contributed by atoms with Crippen LogP contribution in [0.1, 0.15) is 38.1 Å². The second kappa shape index (κ2) is 7.06. The van der Waals surface area contributed by atoms with E-state index < -0.39 is 16.8 Å². The van der Waals surface area contributed by atoms with Gasteiger partial charge in [-0.3, -0.25) is 10.1 Å². The third-order valence-corrected chi connectivity index (χ3v) is 5.53. The van der Waals surface area contributed by atoms with Crippen LogP contribution in [0.4, 0.5) is 4.79 Å². The summed E-state index contributed by atoms with van der Waals surface area (Å²) in [6.07, 6.45) is 1.51. The molecule has 0 aromatic carbocycles. The molecule has 0 radical (unpaired) electrons. The number of imide groups is 1. The van der Waals surface area contributed by atoms with Crippen molar-refractivity contribution in [2.75, 3.05) is 0 Å². The monoisotopic (exact) mass is 366 g/mol. The van der Waals surface area contributed by atoms with Crippen molar-refractivity contribution in [3.05, 3.63) is 16.8 Å². The Hall–Kier alpha value is -1.67. The van der Waals surface area contributed by atoms with E-state index in [0.29, 0.717) is 0 Å². The number of fused-ring (bicyclic) bond motifs is 1. The molecule has 0 bridgehead atoms. The lowest BCUT2D eigenvalue weighted by atomic mass is 10.1. The molecule has 0 unspecified atom stereocenters. The molecule has 2 aromatic heterocycles. The van der Waals surface area contributed by atoms with E-state index in [9.17, 15) is 9.59 Å². The number of nitrogens with zero attached hydrogens (tertiary/aromatic N) is 2. The first-order chi connectivity index (χ1) is 11.1. The number of nitrogens with one attached hydrogen (secondary N) is 2. The second-order valence-electron chi connectivity index (χ2n) is 6.60. The number of carbonyl (C=O) groups is 2. The molecule has 0 spiro atoms. The number of aryl methyl sites for hydroxylation is 2. The van der Waals surface area contributed by atoms with E-state index in [1.54, 1.807) is 18.3 Å². The predicted molar refractivity (Wildman–Crippen MR) is 98.6 cm³/mol. The van der Waals surface area contributed by atoms with E-state index in [1.165, 1.54) is 23.0 Å². The van der Waals surface area contributed by atoms with Crippen LogP contribution in [0.3, 0.4) is 0 Å². The molecule has 6 nitrogen and oxygen atoms in total. The molecule has 8 heteroatoms. The van der Waals surface area contributed by atoms with Gasteiger partial charge < -0.3 is 5.32 Å². The molecule has 2 heterocycles. The summed E-state index contributed by atoms with van der Waals surface area (Å²) in [5, 5.41) is 6.38. The smallest absolute Gasteiger partial charge is 0.321 e. The maximum absolute atomic E-state index is 12.2. The van der Waals surface area contributed by atoms with Crippen LogP contribution < -0.4 is 10.6 Å². The Morgan fingerprint density at radius 2 is 1.92 bits per heavy atom. The Labute approximate surface area is 149 Å². The highest BCUT2D eigenvalue weighted by atomic mass is 32.2. The molecule has 1 atom stereocenters. The lowest BCUT2D eigenvalue weighted by molar-refractivity contribution is -0.119. The van der Waals surface area contributed by atoms with Gasteiger partial charge in [0.25, 0.3) is 0 Å². The lowest BCUT2D eigenvalue weighted by Gasteiger charge is -2.21. The maximum atomic E-state index is 12.2. The highest BCUT2D eigenvalue weighted by Gasteiger charge is 2.22. The van der Waals surface area contributed by atoms with Gasteiger partial charge >= 0.3 is 6.03 Å². The van der Waals surface area contributed by atoms with Gasteiger partial charge in [-0.2, -0.15) is 0 Å². The Bertz CT molecular complexity index is 780. The molecule has 0 aliphatic rings. The molecule has 0 fully saturated rings. The van der Waals surface area contributed by atoms with Gasteiger partial charge in [0.1, 0.15) is 16.2 Å². The molecule has 130 valence electrons. The van der Waals surface area contributed by atoms with E-state index in [4.69, 9.17) is 0 Å². The van der Waals surface area contributed by atoms with E-state index in [2.05, 4.69) is 20.6 Å². The second-order valence-corrected chi connectivity index (χ2v) is 9.13. The first-order valence-electron chi connectivity index (χ1n) is 7.59. The van der Waals surface area contributed by atoms with Crippen molar-refractivity contribution < 1.29 is 9.59 Å². The summed E-state index contributed by atoms with van der Waals surface area (Å²) in [4.78, 5) is 34.8. The van der Waals surface area contributed by atoms with Crippen molar-refractivity contribution >= 4 is 45.3 Å². The number of rotatable bonds is 3.